The molecule has 0 saturated carbocycles. The summed E-state index contributed by atoms with van der Waals surface area (Å²) in [6, 6.07) is 4.75. The van der Waals surface area contributed by atoms with E-state index in [1.807, 2.05) is 0 Å². The van der Waals surface area contributed by atoms with Crippen molar-refractivity contribution in [2.24, 2.45) is 11.5 Å². The molecule has 2 heterocycles. The van der Waals surface area contributed by atoms with Gasteiger partial charge in [-0.25, -0.2) is 0 Å². The predicted molar refractivity (Wildman–Crippen MR) is 72.9 cm³/mol. The summed E-state index contributed by atoms with van der Waals surface area (Å²) in [4.78, 5) is 27.2. The SMILES string of the molecule is NCc1cc(C(=O)Nc2sccc2C(N)=O)ccn1. The number of hydrogen-bond donors (Lipinski definition) is 3. The van der Waals surface area contributed by atoms with E-state index in [4.69, 9.17) is 11.5 Å². The van der Waals surface area contributed by atoms with E-state index in [0.29, 0.717) is 21.8 Å². The lowest BCUT2D eigenvalue weighted by atomic mass is 10.2. The number of rotatable bonds is 4. The first-order valence-corrected chi connectivity index (χ1v) is 6.33. The molecule has 0 aromatic carbocycles. The van der Waals surface area contributed by atoms with Crippen molar-refractivity contribution in [3.8, 4) is 0 Å². The maximum atomic E-state index is 12.0. The monoisotopic (exact) mass is 276 g/mol. The Morgan fingerprint density at radius 3 is 2.84 bits per heavy atom. The van der Waals surface area contributed by atoms with Gasteiger partial charge in [0.2, 0.25) is 0 Å². The molecule has 19 heavy (non-hydrogen) atoms. The molecule has 0 spiro atoms. The Hall–Kier alpha value is -2.25. The first-order valence-electron chi connectivity index (χ1n) is 5.45. The summed E-state index contributed by atoms with van der Waals surface area (Å²) in [5.41, 5.74) is 12.0. The average Bonchev–Trinajstić information content (AvgIpc) is 2.87. The molecule has 0 saturated heterocycles. The summed E-state index contributed by atoms with van der Waals surface area (Å²) in [5.74, 6) is -0.907. The third-order valence-corrected chi connectivity index (χ3v) is 3.28. The second kappa shape index (κ2) is 5.59. The van der Waals surface area contributed by atoms with Crippen LogP contribution in [0.5, 0.6) is 0 Å². The number of nitrogens with one attached hydrogen (secondary N) is 1. The molecule has 0 unspecified atom stereocenters. The molecule has 0 bridgehead atoms. The summed E-state index contributed by atoms with van der Waals surface area (Å²) in [5, 5.41) is 4.77. The number of amides is 2. The van der Waals surface area contributed by atoms with Gasteiger partial charge in [-0.3, -0.25) is 14.6 Å². The number of anilines is 1. The first kappa shape index (κ1) is 13.2. The fourth-order valence-electron chi connectivity index (χ4n) is 1.51. The lowest BCUT2D eigenvalue weighted by Crippen LogP contribution is -2.17. The Morgan fingerprint density at radius 2 is 2.16 bits per heavy atom. The van der Waals surface area contributed by atoms with Gasteiger partial charge < -0.3 is 16.8 Å². The summed E-state index contributed by atoms with van der Waals surface area (Å²) < 4.78 is 0. The molecule has 2 aromatic heterocycles. The molecule has 0 atom stereocenters. The smallest absolute Gasteiger partial charge is 0.256 e. The summed E-state index contributed by atoms with van der Waals surface area (Å²) in [6.07, 6.45) is 1.51. The normalized spacial score (nSPS) is 10.2. The molecule has 0 aliphatic rings. The van der Waals surface area contributed by atoms with Crippen molar-refractivity contribution < 1.29 is 9.59 Å². The molecule has 6 nitrogen and oxygen atoms in total. The van der Waals surface area contributed by atoms with Crippen LogP contribution >= 0.6 is 11.3 Å². The van der Waals surface area contributed by atoms with Crippen LogP contribution in [-0.4, -0.2) is 16.8 Å². The van der Waals surface area contributed by atoms with Gasteiger partial charge in [0.1, 0.15) is 5.00 Å². The number of carbonyl (C=O) groups is 2. The molecule has 5 N–H and O–H groups in total. The quantitative estimate of drug-likeness (QED) is 0.772. The van der Waals surface area contributed by atoms with Crippen LogP contribution in [0, 0.1) is 0 Å². The Balaban J connectivity index is 2.20. The van der Waals surface area contributed by atoms with Crippen LogP contribution in [0.1, 0.15) is 26.4 Å². The van der Waals surface area contributed by atoms with Crippen LogP contribution in [-0.2, 0) is 6.54 Å². The molecule has 2 rings (SSSR count). The lowest BCUT2D eigenvalue weighted by Gasteiger charge is -2.05. The molecular weight excluding hydrogens is 264 g/mol. The van der Waals surface area contributed by atoms with Crippen molar-refractivity contribution in [3.05, 3.63) is 46.6 Å². The van der Waals surface area contributed by atoms with E-state index in [1.165, 1.54) is 17.5 Å². The van der Waals surface area contributed by atoms with Crippen molar-refractivity contribution in [1.29, 1.82) is 0 Å². The van der Waals surface area contributed by atoms with Gasteiger partial charge >= 0.3 is 0 Å². The number of hydrogen-bond acceptors (Lipinski definition) is 5. The molecule has 98 valence electrons. The molecule has 0 aliphatic carbocycles. The van der Waals surface area contributed by atoms with Gasteiger partial charge in [-0.05, 0) is 23.6 Å². The highest BCUT2D eigenvalue weighted by atomic mass is 32.1. The maximum absolute atomic E-state index is 12.0. The average molecular weight is 276 g/mol. The van der Waals surface area contributed by atoms with Crippen molar-refractivity contribution in [2.75, 3.05) is 5.32 Å². The van der Waals surface area contributed by atoms with Crippen molar-refractivity contribution in [3.63, 3.8) is 0 Å². The van der Waals surface area contributed by atoms with Gasteiger partial charge in [0, 0.05) is 18.3 Å². The van der Waals surface area contributed by atoms with E-state index < -0.39 is 5.91 Å². The van der Waals surface area contributed by atoms with Crippen LogP contribution in [0.2, 0.25) is 0 Å². The van der Waals surface area contributed by atoms with Crippen LogP contribution < -0.4 is 16.8 Å². The number of primary amides is 1. The van der Waals surface area contributed by atoms with Gasteiger partial charge in [-0.2, -0.15) is 0 Å². The van der Waals surface area contributed by atoms with E-state index in [2.05, 4.69) is 10.3 Å². The van der Waals surface area contributed by atoms with E-state index in [0.717, 1.165) is 0 Å². The van der Waals surface area contributed by atoms with Crippen molar-refractivity contribution >= 4 is 28.2 Å². The van der Waals surface area contributed by atoms with Crippen LogP contribution in [0.3, 0.4) is 0 Å². The number of nitrogens with two attached hydrogens (primary N) is 2. The fourth-order valence-corrected chi connectivity index (χ4v) is 2.29. The summed E-state index contributed by atoms with van der Waals surface area (Å²) in [7, 11) is 0. The highest BCUT2D eigenvalue weighted by molar-refractivity contribution is 7.14. The summed E-state index contributed by atoms with van der Waals surface area (Å²) in [6.45, 7) is 0.257. The predicted octanol–water partition coefficient (Wildman–Crippen LogP) is 0.953. The highest BCUT2D eigenvalue weighted by Gasteiger charge is 2.13. The molecule has 0 fully saturated rings. The molecular formula is C12H12N4O2S. The minimum Gasteiger partial charge on any atom is -0.366 e. The first-order chi connectivity index (χ1) is 9.11. The molecule has 0 radical (unpaired) electrons. The minimum absolute atomic E-state index is 0.257. The Morgan fingerprint density at radius 1 is 1.37 bits per heavy atom. The van der Waals surface area contributed by atoms with Gasteiger partial charge in [-0.15, -0.1) is 11.3 Å². The molecule has 2 amide bonds. The molecule has 7 heteroatoms. The fraction of sp³-hybridized carbons (Fsp3) is 0.0833. The van der Waals surface area contributed by atoms with Gasteiger partial charge in [0.15, 0.2) is 0 Å². The lowest BCUT2D eigenvalue weighted by molar-refractivity contribution is 0.100. The van der Waals surface area contributed by atoms with Gasteiger partial charge in [-0.1, -0.05) is 0 Å². The third-order valence-electron chi connectivity index (χ3n) is 2.45. The third kappa shape index (κ3) is 2.95. The van der Waals surface area contributed by atoms with Gasteiger partial charge in [0.25, 0.3) is 11.8 Å². The van der Waals surface area contributed by atoms with Crippen molar-refractivity contribution in [2.45, 2.75) is 6.54 Å². The van der Waals surface area contributed by atoms with E-state index in [9.17, 15) is 9.59 Å². The number of carbonyl (C=O) groups excluding carboxylic acids is 2. The molecule has 2 aromatic rings. The minimum atomic E-state index is -0.575. The van der Waals surface area contributed by atoms with Crippen LogP contribution in [0.15, 0.2) is 29.8 Å². The zero-order valence-corrected chi connectivity index (χ0v) is 10.7. The Bertz CT molecular complexity index is 624. The van der Waals surface area contributed by atoms with E-state index in [-0.39, 0.29) is 12.5 Å². The maximum Gasteiger partial charge on any atom is 0.256 e. The van der Waals surface area contributed by atoms with Crippen LogP contribution in [0.25, 0.3) is 0 Å². The number of pyridine rings is 1. The number of nitrogens with zero attached hydrogens (tertiary/aromatic N) is 1. The zero-order valence-electron chi connectivity index (χ0n) is 9.92. The Kier molecular flexibility index (Phi) is 3.88. The largest absolute Gasteiger partial charge is 0.366 e. The summed E-state index contributed by atoms with van der Waals surface area (Å²) >= 11 is 1.24. The second-order valence-electron chi connectivity index (χ2n) is 3.72. The van der Waals surface area contributed by atoms with E-state index in [1.54, 1.807) is 23.6 Å². The molecule has 0 aliphatic heterocycles. The standard InChI is InChI=1S/C12H12N4O2S/c13-6-8-5-7(1-3-15-8)11(18)16-12-9(10(14)17)2-4-19-12/h1-5H,6,13H2,(H2,14,17)(H,16,18). The second-order valence-corrected chi connectivity index (χ2v) is 4.64. The topological polar surface area (TPSA) is 111 Å². The number of aromatic nitrogens is 1. The number of thiophene rings is 1. The van der Waals surface area contributed by atoms with Crippen molar-refractivity contribution in [1.82, 2.24) is 4.98 Å². The van der Waals surface area contributed by atoms with Gasteiger partial charge in [0.05, 0.1) is 11.3 Å². The van der Waals surface area contributed by atoms with E-state index >= 15 is 0 Å². The van der Waals surface area contributed by atoms with Crippen LogP contribution in [0.4, 0.5) is 5.00 Å². The highest BCUT2D eigenvalue weighted by Crippen LogP contribution is 2.23. The zero-order chi connectivity index (χ0) is 13.8. The Labute approximate surface area is 113 Å².